The molecule has 1 fully saturated rings. The number of rotatable bonds is 6. The van der Waals surface area contributed by atoms with E-state index in [9.17, 15) is 39.6 Å². The van der Waals surface area contributed by atoms with Gasteiger partial charge in [-0.2, -0.15) is 26.3 Å². The number of carbonyl (C=O) groups excluding carboxylic acids is 1. The van der Waals surface area contributed by atoms with Crippen LogP contribution in [0.25, 0.3) is 0 Å². The van der Waals surface area contributed by atoms with E-state index in [1.807, 2.05) is 0 Å². The Morgan fingerprint density at radius 2 is 1.49 bits per heavy atom. The molecule has 1 saturated carbocycles. The molecule has 14 heteroatoms. The van der Waals surface area contributed by atoms with Crippen molar-refractivity contribution in [1.29, 1.82) is 0 Å². The Labute approximate surface area is 206 Å². The minimum absolute atomic E-state index is 0.00106. The molecule has 0 radical (unpaired) electrons. The highest BCUT2D eigenvalue weighted by molar-refractivity contribution is 7.92. The Balaban J connectivity index is 1.32. The highest BCUT2D eigenvalue weighted by atomic mass is 32.2. The fourth-order valence-electron chi connectivity index (χ4n) is 3.55. The second-order valence-corrected chi connectivity index (χ2v) is 10.4. The van der Waals surface area contributed by atoms with E-state index in [2.05, 4.69) is 15.3 Å². The number of alkyl halides is 6. The number of benzene rings is 1. The van der Waals surface area contributed by atoms with Gasteiger partial charge in [0.05, 0.1) is 33.2 Å². The third-order valence-electron chi connectivity index (χ3n) is 5.67. The predicted molar refractivity (Wildman–Crippen MR) is 117 cm³/mol. The van der Waals surface area contributed by atoms with E-state index >= 15 is 0 Å². The number of sulfone groups is 1. The Bertz CT molecular complexity index is 1390. The highest BCUT2D eigenvalue weighted by Crippen LogP contribution is 2.38. The minimum Gasteiger partial charge on any atom is -0.421 e. The van der Waals surface area contributed by atoms with Gasteiger partial charge in [-0.15, -0.1) is 0 Å². The highest BCUT2D eigenvalue weighted by Gasteiger charge is 2.43. The lowest BCUT2D eigenvalue weighted by Crippen LogP contribution is -2.42. The summed E-state index contributed by atoms with van der Waals surface area (Å²) < 4.78 is 107. The van der Waals surface area contributed by atoms with E-state index < -0.39 is 55.3 Å². The summed E-state index contributed by atoms with van der Waals surface area (Å²) in [6.45, 7) is 0. The van der Waals surface area contributed by atoms with Crippen LogP contribution in [0.4, 0.5) is 32.0 Å². The molecule has 1 amide bonds. The van der Waals surface area contributed by atoms with Crippen molar-refractivity contribution in [1.82, 2.24) is 9.97 Å². The molecule has 0 spiro atoms. The number of nitrogens with one attached hydrogen (secondary N) is 1. The topological polar surface area (TPSA) is 98.2 Å². The second-order valence-electron chi connectivity index (χ2n) is 8.22. The number of halogens is 6. The van der Waals surface area contributed by atoms with Crippen LogP contribution in [0.5, 0.6) is 11.8 Å². The zero-order valence-corrected chi connectivity index (χ0v) is 19.4. The summed E-state index contributed by atoms with van der Waals surface area (Å²) >= 11 is 0. The maximum atomic E-state index is 12.9. The quantitative estimate of drug-likeness (QED) is 0.411. The molecule has 2 aromatic heterocycles. The van der Waals surface area contributed by atoms with Crippen molar-refractivity contribution in [3.05, 3.63) is 72.1 Å². The van der Waals surface area contributed by atoms with Gasteiger partial charge in [-0.1, -0.05) is 6.07 Å². The van der Waals surface area contributed by atoms with Crippen molar-refractivity contribution in [2.45, 2.75) is 35.3 Å². The molecule has 0 atom stereocenters. The van der Waals surface area contributed by atoms with Gasteiger partial charge in [0.25, 0.3) is 0 Å². The van der Waals surface area contributed by atoms with E-state index in [4.69, 9.17) is 4.74 Å². The van der Waals surface area contributed by atoms with Crippen LogP contribution < -0.4 is 10.1 Å². The van der Waals surface area contributed by atoms with Gasteiger partial charge in [0.2, 0.25) is 17.7 Å². The lowest BCUT2D eigenvalue weighted by Gasteiger charge is -2.33. The standard InChI is InChI=1S/C23H17F6N3O4S/c24-22(25,26)14-2-1-3-17(10-14)37(34,35)18-8-13(9-18)21(33)32-16-5-7-20(31-12-16)36-19-6-4-15(11-30-19)23(27,28)29/h1-7,10-13,18H,8-9H2,(H,32,33). The van der Waals surface area contributed by atoms with Crippen LogP contribution in [0.15, 0.2) is 65.8 Å². The van der Waals surface area contributed by atoms with E-state index in [0.717, 1.165) is 30.3 Å². The number of aromatic nitrogens is 2. The number of amides is 1. The monoisotopic (exact) mass is 545 g/mol. The zero-order valence-electron chi connectivity index (χ0n) is 18.5. The van der Waals surface area contributed by atoms with E-state index in [0.29, 0.717) is 12.3 Å². The Kier molecular flexibility index (Phi) is 6.88. The van der Waals surface area contributed by atoms with Crippen molar-refractivity contribution < 1.29 is 44.3 Å². The summed E-state index contributed by atoms with van der Waals surface area (Å²) in [7, 11) is -4.05. The molecule has 1 N–H and O–H groups in total. The van der Waals surface area contributed by atoms with Gasteiger partial charge in [-0.05, 0) is 43.2 Å². The van der Waals surface area contributed by atoms with Crippen molar-refractivity contribution in [3.63, 3.8) is 0 Å². The molecule has 0 saturated heterocycles. The average molecular weight is 545 g/mol. The van der Waals surface area contributed by atoms with Crippen molar-refractivity contribution in [2.24, 2.45) is 5.92 Å². The smallest absolute Gasteiger partial charge is 0.417 e. The third kappa shape index (κ3) is 6.01. The van der Waals surface area contributed by atoms with Crippen LogP contribution in [-0.2, 0) is 27.0 Å². The van der Waals surface area contributed by atoms with Gasteiger partial charge in [-0.25, -0.2) is 18.4 Å². The lowest BCUT2D eigenvalue weighted by molar-refractivity contribution is -0.138. The van der Waals surface area contributed by atoms with Crippen LogP contribution in [0.3, 0.4) is 0 Å². The molecule has 1 aromatic carbocycles. The van der Waals surface area contributed by atoms with Gasteiger partial charge in [0.15, 0.2) is 9.84 Å². The zero-order chi connectivity index (χ0) is 27.0. The number of pyridine rings is 2. The van der Waals surface area contributed by atoms with E-state index in [-0.39, 0.29) is 30.3 Å². The molecule has 0 aliphatic heterocycles. The van der Waals surface area contributed by atoms with Gasteiger partial charge in [0, 0.05) is 24.2 Å². The molecule has 37 heavy (non-hydrogen) atoms. The molecule has 0 bridgehead atoms. The first-order valence-corrected chi connectivity index (χ1v) is 12.2. The van der Waals surface area contributed by atoms with Crippen LogP contribution in [-0.4, -0.2) is 29.5 Å². The van der Waals surface area contributed by atoms with Crippen LogP contribution in [0.2, 0.25) is 0 Å². The predicted octanol–water partition coefficient (Wildman–Crippen LogP) is 5.50. The normalized spacial score (nSPS) is 18.1. The number of anilines is 1. The number of hydrogen-bond donors (Lipinski definition) is 1. The van der Waals surface area contributed by atoms with Crippen LogP contribution in [0, 0.1) is 5.92 Å². The number of hydrogen-bond acceptors (Lipinski definition) is 6. The molecule has 1 aliphatic carbocycles. The SMILES string of the molecule is O=C(Nc1ccc(Oc2ccc(C(F)(F)F)cn2)nc1)C1CC(S(=O)(=O)c2cccc(C(F)(F)F)c2)C1. The first kappa shape index (κ1) is 26.4. The molecule has 7 nitrogen and oxygen atoms in total. The number of ether oxygens (including phenoxy) is 1. The molecule has 196 valence electrons. The van der Waals surface area contributed by atoms with Crippen LogP contribution in [0.1, 0.15) is 24.0 Å². The molecule has 0 unspecified atom stereocenters. The maximum absolute atomic E-state index is 12.9. The Morgan fingerprint density at radius 1 is 0.865 bits per heavy atom. The summed E-state index contributed by atoms with van der Waals surface area (Å²) in [5.41, 5.74) is -1.76. The molecular formula is C23H17F6N3O4S. The minimum atomic E-state index is -4.68. The fraction of sp³-hybridized carbons (Fsp3) is 0.261. The van der Waals surface area contributed by atoms with E-state index in [1.54, 1.807) is 0 Å². The Hall–Kier alpha value is -3.68. The molecular weight excluding hydrogens is 528 g/mol. The molecule has 2 heterocycles. The summed E-state index contributed by atoms with van der Waals surface area (Å²) in [4.78, 5) is 19.5. The van der Waals surface area contributed by atoms with Crippen molar-refractivity contribution in [2.75, 3.05) is 5.32 Å². The summed E-state index contributed by atoms with van der Waals surface area (Å²) in [5, 5.41) is 1.57. The molecule has 3 aromatic rings. The van der Waals surface area contributed by atoms with Crippen molar-refractivity contribution >= 4 is 21.4 Å². The number of nitrogens with zero attached hydrogens (tertiary/aromatic N) is 2. The Morgan fingerprint density at radius 3 is 2.03 bits per heavy atom. The number of carbonyl (C=O) groups is 1. The molecule has 4 rings (SSSR count). The third-order valence-corrected chi connectivity index (χ3v) is 7.84. The van der Waals surface area contributed by atoms with Gasteiger partial charge in [-0.3, -0.25) is 4.79 Å². The summed E-state index contributed by atoms with van der Waals surface area (Å²) in [5.74, 6) is -1.28. The fourth-order valence-corrected chi connectivity index (χ4v) is 5.47. The first-order valence-electron chi connectivity index (χ1n) is 10.6. The largest absolute Gasteiger partial charge is 0.421 e. The average Bonchev–Trinajstić information content (AvgIpc) is 2.78. The summed E-state index contributed by atoms with van der Waals surface area (Å²) in [6, 6.07) is 8.06. The first-order chi connectivity index (χ1) is 17.2. The summed E-state index contributed by atoms with van der Waals surface area (Å²) in [6.07, 6.45) is -7.49. The van der Waals surface area contributed by atoms with Gasteiger partial charge in [0.1, 0.15) is 0 Å². The van der Waals surface area contributed by atoms with Gasteiger partial charge >= 0.3 is 12.4 Å². The van der Waals surface area contributed by atoms with Crippen molar-refractivity contribution in [3.8, 4) is 11.8 Å². The lowest BCUT2D eigenvalue weighted by atomic mass is 9.84. The van der Waals surface area contributed by atoms with Gasteiger partial charge < -0.3 is 10.1 Å². The maximum Gasteiger partial charge on any atom is 0.417 e. The van der Waals surface area contributed by atoms with Crippen LogP contribution >= 0.6 is 0 Å². The molecule has 1 aliphatic rings. The van der Waals surface area contributed by atoms with E-state index in [1.165, 1.54) is 18.3 Å². The second kappa shape index (κ2) is 9.65.